The fourth-order valence-corrected chi connectivity index (χ4v) is 4.81. The molecular formula is C26H29N5O2S2. The second kappa shape index (κ2) is 10.6. The summed E-state index contributed by atoms with van der Waals surface area (Å²) in [5.41, 5.74) is 3.51. The molecule has 4 rings (SSSR count). The number of benzene rings is 2. The maximum Gasteiger partial charge on any atom is 0.251 e. The third kappa shape index (κ3) is 6.10. The Balaban J connectivity index is 1.45. The van der Waals surface area contributed by atoms with Gasteiger partial charge in [-0.2, -0.15) is 11.8 Å². The van der Waals surface area contributed by atoms with Gasteiger partial charge >= 0.3 is 0 Å². The molecule has 35 heavy (non-hydrogen) atoms. The van der Waals surface area contributed by atoms with E-state index in [4.69, 9.17) is 0 Å². The molecule has 2 aromatic heterocycles. The average Bonchev–Trinajstić information content (AvgIpc) is 3.40. The molecule has 0 aliphatic carbocycles. The summed E-state index contributed by atoms with van der Waals surface area (Å²) in [6, 6.07) is 16.7. The molecule has 0 saturated carbocycles. The number of thioether (sulfide) groups is 1. The van der Waals surface area contributed by atoms with Crippen molar-refractivity contribution in [2.24, 2.45) is 0 Å². The molecule has 0 spiro atoms. The van der Waals surface area contributed by atoms with Crippen LogP contribution in [0.3, 0.4) is 0 Å². The molecule has 2 aromatic carbocycles. The Bertz CT molecular complexity index is 1280. The third-order valence-corrected chi connectivity index (χ3v) is 7.07. The molecule has 2 amide bonds. The molecule has 2 N–H and O–H groups in total. The minimum Gasteiger partial charge on any atom is -0.340 e. The smallest absolute Gasteiger partial charge is 0.251 e. The highest BCUT2D eigenvalue weighted by Crippen LogP contribution is 2.25. The van der Waals surface area contributed by atoms with E-state index >= 15 is 0 Å². The van der Waals surface area contributed by atoms with Crippen LogP contribution in [0.1, 0.15) is 43.1 Å². The van der Waals surface area contributed by atoms with Crippen LogP contribution in [0.2, 0.25) is 0 Å². The predicted molar refractivity (Wildman–Crippen MR) is 144 cm³/mol. The van der Waals surface area contributed by atoms with Gasteiger partial charge in [-0.1, -0.05) is 74.6 Å². The molecule has 0 fully saturated rings. The minimum atomic E-state index is -0.673. The molecule has 7 nitrogen and oxygen atoms in total. The summed E-state index contributed by atoms with van der Waals surface area (Å²) in [6.07, 6.45) is 4.33. The van der Waals surface area contributed by atoms with Crippen LogP contribution in [-0.4, -0.2) is 44.5 Å². The quantitative estimate of drug-likeness (QED) is 0.340. The average molecular weight is 508 g/mol. The highest BCUT2D eigenvalue weighted by atomic mass is 32.2. The molecule has 182 valence electrons. The fourth-order valence-electron chi connectivity index (χ4n) is 3.56. The number of amides is 2. The molecular weight excluding hydrogens is 478 g/mol. The van der Waals surface area contributed by atoms with E-state index in [9.17, 15) is 9.59 Å². The van der Waals surface area contributed by atoms with E-state index in [1.54, 1.807) is 28.4 Å². The lowest BCUT2D eigenvalue weighted by atomic mass is 9.86. The minimum absolute atomic E-state index is 0.00507. The van der Waals surface area contributed by atoms with Gasteiger partial charge in [0.05, 0.1) is 11.9 Å². The molecule has 0 bridgehead atoms. The number of hydrogen-bond donors (Lipinski definition) is 2. The van der Waals surface area contributed by atoms with Crippen molar-refractivity contribution in [3.63, 3.8) is 0 Å². The first kappa shape index (κ1) is 24.9. The molecule has 9 heteroatoms. The highest BCUT2D eigenvalue weighted by Gasteiger charge is 2.23. The highest BCUT2D eigenvalue weighted by molar-refractivity contribution is 7.98. The lowest BCUT2D eigenvalue weighted by Crippen LogP contribution is -2.44. The van der Waals surface area contributed by atoms with E-state index in [0.29, 0.717) is 22.1 Å². The first-order valence-electron chi connectivity index (χ1n) is 11.4. The van der Waals surface area contributed by atoms with Crippen LogP contribution in [0, 0.1) is 0 Å². The number of carbonyl (C=O) groups excluding carboxylic acids is 2. The number of fused-ring (bicyclic) bond motifs is 1. The van der Waals surface area contributed by atoms with Gasteiger partial charge in [-0.05, 0) is 41.5 Å². The van der Waals surface area contributed by atoms with Gasteiger partial charge in [-0.3, -0.25) is 14.9 Å². The van der Waals surface area contributed by atoms with E-state index in [2.05, 4.69) is 41.5 Å². The lowest BCUT2D eigenvalue weighted by Gasteiger charge is -2.20. The summed E-state index contributed by atoms with van der Waals surface area (Å²) < 4.78 is 1.66. The largest absolute Gasteiger partial charge is 0.340 e. The molecule has 0 aliphatic rings. The Morgan fingerprint density at radius 3 is 2.43 bits per heavy atom. The van der Waals surface area contributed by atoms with Crippen LogP contribution in [0.4, 0.5) is 5.13 Å². The van der Waals surface area contributed by atoms with Crippen molar-refractivity contribution in [1.82, 2.24) is 19.9 Å². The number of aromatic nitrogens is 3. The van der Waals surface area contributed by atoms with Crippen molar-refractivity contribution in [2.45, 2.75) is 38.6 Å². The van der Waals surface area contributed by atoms with Crippen LogP contribution in [0.5, 0.6) is 0 Å². The van der Waals surface area contributed by atoms with Crippen molar-refractivity contribution < 1.29 is 9.59 Å². The number of anilines is 1. The van der Waals surface area contributed by atoms with Crippen molar-refractivity contribution in [2.75, 3.05) is 17.3 Å². The van der Waals surface area contributed by atoms with Crippen molar-refractivity contribution in [3.05, 3.63) is 71.9 Å². The zero-order valence-electron chi connectivity index (χ0n) is 20.2. The summed E-state index contributed by atoms with van der Waals surface area (Å²) in [7, 11) is 0. The first-order chi connectivity index (χ1) is 16.7. The van der Waals surface area contributed by atoms with Gasteiger partial charge < -0.3 is 5.32 Å². The Hall–Kier alpha value is -3.17. The Labute approximate surface area is 213 Å². The zero-order chi connectivity index (χ0) is 25.0. The summed E-state index contributed by atoms with van der Waals surface area (Å²) >= 11 is 2.92. The van der Waals surface area contributed by atoms with Crippen molar-refractivity contribution in [1.29, 1.82) is 0 Å². The second-order valence-electron chi connectivity index (χ2n) is 9.25. The van der Waals surface area contributed by atoms with Crippen LogP contribution < -0.4 is 10.6 Å². The van der Waals surface area contributed by atoms with Crippen LogP contribution in [0.25, 0.3) is 16.2 Å². The third-order valence-electron chi connectivity index (χ3n) is 5.59. The molecule has 2 heterocycles. The van der Waals surface area contributed by atoms with Gasteiger partial charge in [0.1, 0.15) is 6.04 Å². The van der Waals surface area contributed by atoms with Gasteiger partial charge in [-0.15, -0.1) is 5.10 Å². The van der Waals surface area contributed by atoms with Crippen LogP contribution >= 0.6 is 23.1 Å². The van der Waals surface area contributed by atoms with Crippen molar-refractivity contribution in [3.8, 4) is 11.3 Å². The molecule has 0 radical (unpaired) electrons. The Kier molecular flexibility index (Phi) is 7.57. The summed E-state index contributed by atoms with van der Waals surface area (Å²) in [6.45, 7) is 6.38. The number of hydrogen-bond acceptors (Lipinski definition) is 6. The number of carbonyl (C=O) groups is 2. The number of imidazole rings is 1. The molecule has 1 atom stereocenters. The summed E-state index contributed by atoms with van der Waals surface area (Å²) in [5.74, 6) is 0.176. The Morgan fingerprint density at radius 2 is 1.80 bits per heavy atom. The first-order valence-corrected chi connectivity index (χ1v) is 13.6. The standard InChI is InChI=1S/C26H29N5O2S2/c1-26(2,3)19-12-10-18(11-13-19)22(32)27-20(14-15-34-4)23(33)29-24-30-31-16-21(28-25(31)35-24)17-8-6-5-7-9-17/h5-13,16,20H,14-15H2,1-4H3,(H,27,32)(H,29,30,33)/t20-/m0/s1. The normalized spacial score (nSPS) is 12.5. The maximum absolute atomic E-state index is 13.1. The van der Waals surface area contributed by atoms with E-state index in [1.807, 2.05) is 54.9 Å². The second-order valence-corrected chi connectivity index (χ2v) is 11.2. The van der Waals surface area contributed by atoms with Crippen molar-refractivity contribution >= 4 is 45.0 Å². The maximum atomic E-state index is 13.1. The number of rotatable bonds is 8. The number of nitrogens with one attached hydrogen (secondary N) is 2. The molecule has 0 aliphatic heterocycles. The van der Waals surface area contributed by atoms with E-state index < -0.39 is 6.04 Å². The number of nitrogens with zero attached hydrogens (tertiary/aromatic N) is 3. The molecule has 0 unspecified atom stereocenters. The Morgan fingerprint density at radius 1 is 1.09 bits per heavy atom. The van der Waals surface area contributed by atoms with Gasteiger partial charge in [0, 0.05) is 11.1 Å². The summed E-state index contributed by atoms with van der Waals surface area (Å²) in [5, 5.41) is 10.6. The fraction of sp³-hybridized carbons (Fsp3) is 0.308. The van der Waals surface area contributed by atoms with Crippen LogP contribution in [0.15, 0.2) is 60.8 Å². The van der Waals surface area contributed by atoms with Gasteiger partial charge in [-0.25, -0.2) is 9.50 Å². The van der Waals surface area contributed by atoms with E-state index in [-0.39, 0.29) is 17.2 Å². The SMILES string of the molecule is CSCC[C@H](NC(=O)c1ccc(C(C)(C)C)cc1)C(=O)Nc1nn2cc(-c3ccccc3)nc2s1. The van der Waals surface area contributed by atoms with Gasteiger partial charge in [0.15, 0.2) is 0 Å². The lowest BCUT2D eigenvalue weighted by molar-refractivity contribution is -0.118. The predicted octanol–water partition coefficient (Wildman–Crippen LogP) is 5.25. The monoisotopic (exact) mass is 507 g/mol. The summed E-state index contributed by atoms with van der Waals surface area (Å²) in [4.78, 5) is 31.2. The van der Waals surface area contributed by atoms with E-state index in [1.165, 1.54) is 11.3 Å². The zero-order valence-corrected chi connectivity index (χ0v) is 21.9. The van der Waals surface area contributed by atoms with Gasteiger partial charge in [0.2, 0.25) is 16.0 Å². The van der Waals surface area contributed by atoms with Gasteiger partial charge in [0.25, 0.3) is 5.91 Å². The topological polar surface area (TPSA) is 88.4 Å². The van der Waals surface area contributed by atoms with Crippen LogP contribution in [-0.2, 0) is 10.2 Å². The molecule has 4 aromatic rings. The molecule has 0 saturated heterocycles. The van der Waals surface area contributed by atoms with E-state index in [0.717, 1.165) is 22.6 Å².